The predicted molar refractivity (Wildman–Crippen MR) is 80.8 cm³/mol. The molecule has 0 saturated heterocycles. The molecule has 0 saturated carbocycles. The molecular formula is C15H13NO4S. The molecule has 0 fully saturated rings. The first-order valence-corrected chi connectivity index (χ1v) is 7.16. The lowest BCUT2D eigenvalue weighted by molar-refractivity contribution is -0.385. The number of carboxylic acid groups (broad SMARTS) is 1. The summed E-state index contributed by atoms with van der Waals surface area (Å²) in [7, 11) is 0. The summed E-state index contributed by atoms with van der Waals surface area (Å²) in [6.07, 6.45) is 0. The lowest BCUT2D eigenvalue weighted by atomic mass is 10.2. The SMILES string of the molecule is Cc1cccc(CSc2ccc(C(=O)O)c([N+](=O)[O-])c2)c1. The maximum atomic E-state index is 10.9. The van der Waals surface area contributed by atoms with Crippen molar-refractivity contribution in [2.45, 2.75) is 17.6 Å². The quantitative estimate of drug-likeness (QED) is 0.515. The Balaban J connectivity index is 2.19. The summed E-state index contributed by atoms with van der Waals surface area (Å²) in [6, 6.07) is 12.2. The third kappa shape index (κ3) is 3.82. The maximum absolute atomic E-state index is 10.9. The zero-order valence-corrected chi connectivity index (χ0v) is 12.1. The van der Waals surface area contributed by atoms with Crippen LogP contribution in [0, 0.1) is 17.0 Å². The number of nitrogens with zero attached hydrogens (tertiary/aromatic N) is 1. The number of benzene rings is 2. The smallest absolute Gasteiger partial charge is 0.342 e. The molecule has 0 unspecified atom stereocenters. The van der Waals surface area contributed by atoms with Crippen LogP contribution >= 0.6 is 11.8 Å². The van der Waals surface area contributed by atoms with Gasteiger partial charge >= 0.3 is 5.97 Å². The van der Waals surface area contributed by atoms with Crippen LogP contribution in [0.25, 0.3) is 0 Å². The van der Waals surface area contributed by atoms with Crippen molar-refractivity contribution in [3.05, 3.63) is 69.3 Å². The lowest BCUT2D eigenvalue weighted by Crippen LogP contribution is -2.02. The molecule has 0 aliphatic heterocycles. The molecule has 0 amide bonds. The van der Waals surface area contributed by atoms with Crippen LogP contribution in [0.4, 0.5) is 5.69 Å². The summed E-state index contributed by atoms with van der Waals surface area (Å²) in [5.74, 6) is -0.623. The number of hydrogen-bond acceptors (Lipinski definition) is 4. The van der Waals surface area contributed by atoms with Gasteiger partial charge in [0, 0.05) is 16.7 Å². The Bertz CT molecular complexity index is 700. The van der Waals surface area contributed by atoms with Gasteiger partial charge in [0.1, 0.15) is 5.56 Å². The number of carbonyl (C=O) groups is 1. The number of aryl methyl sites for hydroxylation is 1. The first kappa shape index (κ1) is 15.1. The summed E-state index contributed by atoms with van der Waals surface area (Å²) in [6.45, 7) is 2.00. The van der Waals surface area contributed by atoms with E-state index in [1.807, 2.05) is 31.2 Å². The van der Waals surface area contributed by atoms with Gasteiger partial charge in [-0.2, -0.15) is 0 Å². The van der Waals surface area contributed by atoms with E-state index in [0.717, 1.165) is 11.1 Å². The minimum absolute atomic E-state index is 0.292. The molecule has 5 nitrogen and oxygen atoms in total. The van der Waals surface area contributed by atoms with Crippen molar-refractivity contribution >= 4 is 23.4 Å². The molecule has 21 heavy (non-hydrogen) atoms. The molecule has 108 valence electrons. The highest BCUT2D eigenvalue weighted by Gasteiger charge is 2.20. The van der Waals surface area contributed by atoms with E-state index in [0.29, 0.717) is 10.6 Å². The van der Waals surface area contributed by atoms with Crippen LogP contribution in [0.15, 0.2) is 47.4 Å². The number of nitro benzene ring substituents is 1. The fraction of sp³-hybridized carbons (Fsp3) is 0.133. The van der Waals surface area contributed by atoms with Gasteiger partial charge in [0.05, 0.1) is 4.92 Å². The molecule has 0 spiro atoms. The molecule has 0 radical (unpaired) electrons. The molecule has 0 aliphatic rings. The largest absolute Gasteiger partial charge is 0.477 e. The Morgan fingerprint density at radius 1 is 1.29 bits per heavy atom. The zero-order valence-electron chi connectivity index (χ0n) is 11.3. The van der Waals surface area contributed by atoms with E-state index in [1.165, 1.54) is 23.9 Å². The van der Waals surface area contributed by atoms with Gasteiger partial charge < -0.3 is 5.11 Å². The highest BCUT2D eigenvalue weighted by atomic mass is 32.2. The van der Waals surface area contributed by atoms with E-state index >= 15 is 0 Å². The molecular weight excluding hydrogens is 290 g/mol. The molecule has 0 bridgehead atoms. The average Bonchev–Trinajstić information content (AvgIpc) is 2.44. The molecule has 0 aromatic heterocycles. The van der Waals surface area contributed by atoms with Gasteiger partial charge in [0.25, 0.3) is 5.69 Å². The average molecular weight is 303 g/mol. The van der Waals surface area contributed by atoms with Gasteiger partial charge in [-0.3, -0.25) is 10.1 Å². The zero-order chi connectivity index (χ0) is 15.4. The molecule has 0 atom stereocenters. The topological polar surface area (TPSA) is 80.4 Å². The number of aromatic carboxylic acids is 1. The van der Waals surface area contributed by atoms with E-state index < -0.39 is 10.9 Å². The van der Waals surface area contributed by atoms with Crippen molar-refractivity contribution in [1.82, 2.24) is 0 Å². The molecule has 1 N–H and O–H groups in total. The van der Waals surface area contributed by atoms with Crippen molar-refractivity contribution in [3.8, 4) is 0 Å². The Hall–Kier alpha value is -2.34. The Labute approximate surface area is 125 Å². The molecule has 0 aliphatic carbocycles. The Kier molecular flexibility index (Phi) is 4.59. The minimum atomic E-state index is -1.29. The number of thioether (sulfide) groups is 1. The Morgan fingerprint density at radius 3 is 2.67 bits per heavy atom. The van der Waals surface area contributed by atoms with Crippen LogP contribution in [0.2, 0.25) is 0 Å². The summed E-state index contributed by atoms with van der Waals surface area (Å²) in [5, 5.41) is 19.9. The first-order valence-electron chi connectivity index (χ1n) is 6.17. The van der Waals surface area contributed by atoms with Crippen molar-refractivity contribution in [2.24, 2.45) is 0 Å². The van der Waals surface area contributed by atoms with Gasteiger partial charge in [-0.25, -0.2) is 4.79 Å². The second-order valence-electron chi connectivity index (χ2n) is 4.52. The van der Waals surface area contributed by atoms with E-state index in [2.05, 4.69) is 0 Å². The highest BCUT2D eigenvalue weighted by Crippen LogP contribution is 2.29. The van der Waals surface area contributed by atoms with E-state index in [1.54, 1.807) is 6.07 Å². The third-order valence-electron chi connectivity index (χ3n) is 2.88. The summed E-state index contributed by atoms with van der Waals surface area (Å²) < 4.78 is 0. The van der Waals surface area contributed by atoms with Crippen LogP contribution in [0.5, 0.6) is 0 Å². The molecule has 6 heteroatoms. The predicted octanol–water partition coefficient (Wildman–Crippen LogP) is 3.89. The standard InChI is InChI=1S/C15H13NO4S/c1-10-3-2-4-11(7-10)9-21-12-5-6-13(15(17)18)14(8-12)16(19)20/h2-8H,9H2,1H3,(H,17,18). The minimum Gasteiger partial charge on any atom is -0.477 e. The van der Waals surface area contributed by atoms with Gasteiger partial charge in [-0.15, -0.1) is 11.8 Å². The van der Waals surface area contributed by atoms with Crippen molar-refractivity contribution in [2.75, 3.05) is 0 Å². The van der Waals surface area contributed by atoms with Crippen molar-refractivity contribution in [1.29, 1.82) is 0 Å². The highest BCUT2D eigenvalue weighted by molar-refractivity contribution is 7.98. The molecule has 2 aromatic rings. The van der Waals surface area contributed by atoms with Gasteiger partial charge in [-0.05, 0) is 24.6 Å². The van der Waals surface area contributed by atoms with Crippen molar-refractivity contribution < 1.29 is 14.8 Å². The maximum Gasteiger partial charge on any atom is 0.342 e. The number of nitro groups is 1. The number of hydrogen-bond donors (Lipinski definition) is 1. The van der Waals surface area contributed by atoms with E-state index in [4.69, 9.17) is 5.11 Å². The third-order valence-corrected chi connectivity index (χ3v) is 3.95. The Morgan fingerprint density at radius 2 is 2.05 bits per heavy atom. The first-order chi connectivity index (χ1) is 9.97. The monoisotopic (exact) mass is 303 g/mol. The van der Waals surface area contributed by atoms with Gasteiger partial charge in [0.15, 0.2) is 0 Å². The van der Waals surface area contributed by atoms with Crippen molar-refractivity contribution in [3.63, 3.8) is 0 Å². The van der Waals surface area contributed by atoms with Crippen LogP contribution in [0.1, 0.15) is 21.5 Å². The van der Waals surface area contributed by atoms with Crippen LogP contribution in [-0.2, 0) is 5.75 Å². The van der Waals surface area contributed by atoms with Gasteiger partial charge in [0.2, 0.25) is 0 Å². The molecule has 0 heterocycles. The summed E-state index contributed by atoms with van der Waals surface area (Å²) in [4.78, 5) is 21.9. The number of rotatable bonds is 5. The van der Waals surface area contributed by atoms with Crippen LogP contribution in [-0.4, -0.2) is 16.0 Å². The summed E-state index contributed by atoms with van der Waals surface area (Å²) >= 11 is 1.44. The lowest BCUT2D eigenvalue weighted by Gasteiger charge is -2.04. The van der Waals surface area contributed by atoms with Gasteiger partial charge in [-0.1, -0.05) is 29.8 Å². The van der Waals surface area contributed by atoms with E-state index in [9.17, 15) is 14.9 Å². The fourth-order valence-electron chi connectivity index (χ4n) is 1.90. The van der Waals surface area contributed by atoms with Crippen LogP contribution in [0.3, 0.4) is 0 Å². The van der Waals surface area contributed by atoms with Crippen LogP contribution < -0.4 is 0 Å². The fourth-order valence-corrected chi connectivity index (χ4v) is 2.77. The molecule has 2 rings (SSSR count). The molecule has 2 aromatic carbocycles. The normalized spacial score (nSPS) is 10.3. The number of carboxylic acids is 1. The van der Waals surface area contributed by atoms with E-state index in [-0.39, 0.29) is 11.3 Å². The second-order valence-corrected chi connectivity index (χ2v) is 5.57. The summed E-state index contributed by atoms with van der Waals surface area (Å²) in [5.41, 5.74) is 1.60. The second kappa shape index (κ2) is 6.41.